The summed E-state index contributed by atoms with van der Waals surface area (Å²) in [6.07, 6.45) is 0. The van der Waals surface area contributed by atoms with Crippen molar-refractivity contribution in [2.45, 2.75) is 45.6 Å². The Bertz CT molecular complexity index is 956. The first-order chi connectivity index (χ1) is 12.5. The van der Waals surface area contributed by atoms with Crippen LogP contribution in [0.2, 0.25) is 5.02 Å². The maximum absolute atomic E-state index is 12.8. The van der Waals surface area contributed by atoms with Crippen molar-refractivity contribution in [3.63, 3.8) is 0 Å². The van der Waals surface area contributed by atoms with Crippen molar-refractivity contribution in [3.8, 4) is 0 Å². The van der Waals surface area contributed by atoms with E-state index in [1.165, 1.54) is 18.2 Å². The predicted molar refractivity (Wildman–Crippen MR) is 110 cm³/mol. The van der Waals surface area contributed by atoms with E-state index in [0.717, 1.165) is 11.1 Å². The van der Waals surface area contributed by atoms with Gasteiger partial charge in [0.15, 0.2) is 0 Å². The van der Waals surface area contributed by atoms with E-state index in [4.69, 9.17) is 11.6 Å². The number of carbonyl (C=O) groups is 1. The minimum atomic E-state index is -3.94. The quantitative estimate of drug-likeness (QED) is 0.737. The molecule has 0 aliphatic carbocycles. The summed E-state index contributed by atoms with van der Waals surface area (Å²) in [5, 5.41) is 2.92. The third-order valence-electron chi connectivity index (χ3n) is 4.60. The van der Waals surface area contributed by atoms with Gasteiger partial charge >= 0.3 is 0 Å². The molecule has 0 unspecified atom stereocenters. The molecule has 0 spiro atoms. The molecule has 0 aromatic heterocycles. The molecule has 2 aromatic carbocycles. The topological polar surface area (TPSA) is 75.3 Å². The summed E-state index contributed by atoms with van der Waals surface area (Å²) in [7, 11) is -3.94. The Morgan fingerprint density at radius 2 is 1.67 bits per heavy atom. The van der Waals surface area contributed by atoms with Gasteiger partial charge in [-0.1, -0.05) is 31.5 Å². The Morgan fingerprint density at radius 1 is 1.00 bits per heavy atom. The number of carbonyl (C=O) groups excluding carboxylic acids is 1. The van der Waals surface area contributed by atoms with Gasteiger partial charge < -0.3 is 5.32 Å². The molecule has 5 nitrogen and oxygen atoms in total. The highest BCUT2D eigenvalue weighted by Gasteiger charge is 2.21. The van der Waals surface area contributed by atoms with Gasteiger partial charge in [0.1, 0.15) is 4.90 Å². The van der Waals surface area contributed by atoms with Gasteiger partial charge in [0.2, 0.25) is 0 Å². The van der Waals surface area contributed by atoms with Crippen LogP contribution in [0.15, 0.2) is 41.3 Å². The first-order valence-electron chi connectivity index (χ1n) is 8.71. The molecule has 1 atom stereocenters. The van der Waals surface area contributed by atoms with Crippen LogP contribution in [0.1, 0.15) is 42.3 Å². The summed E-state index contributed by atoms with van der Waals surface area (Å²) in [4.78, 5) is 12.3. The van der Waals surface area contributed by atoms with Gasteiger partial charge in [0, 0.05) is 17.3 Å². The molecule has 0 aliphatic heterocycles. The van der Waals surface area contributed by atoms with Crippen LogP contribution >= 0.6 is 11.6 Å². The molecule has 2 N–H and O–H groups in total. The Balaban J connectivity index is 2.33. The van der Waals surface area contributed by atoms with Crippen LogP contribution in [0, 0.1) is 19.8 Å². The van der Waals surface area contributed by atoms with E-state index >= 15 is 0 Å². The van der Waals surface area contributed by atoms with Crippen LogP contribution in [0.5, 0.6) is 0 Å². The molecule has 0 heterocycles. The Hall–Kier alpha value is -2.05. The van der Waals surface area contributed by atoms with Crippen molar-refractivity contribution in [1.82, 2.24) is 5.32 Å². The lowest BCUT2D eigenvalue weighted by Crippen LogP contribution is -2.36. The Morgan fingerprint density at radius 3 is 2.26 bits per heavy atom. The molecule has 7 heteroatoms. The fraction of sp³-hybridized carbons (Fsp3) is 0.350. The lowest BCUT2D eigenvalue weighted by Gasteiger charge is -2.18. The zero-order chi connectivity index (χ0) is 20.4. The second-order valence-electron chi connectivity index (χ2n) is 7.06. The summed E-state index contributed by atoms with van der Waals surface area (Å²) in [6, 6.07) is 9.48. The van der Waals surface area contributed by atoms with E-state index < -0.39 is 10.0 Å². The molecular weight excluding hydrogens is 384 g/mol. The number of amides is 1. The highest BCUT2D eigenvalue weighted by Crippen LogP contribution is 2.26. The summed E-state index contributed by atoms with van der Waals surface area (Å²) in [5.74, 6) is -0.0774. The molecule has 1 amide bonds. The molecule has 2 aromatic rings. The van der Waals surface area contributed by atoms with Gasteiger partial charge in [-0.3, -0.25) is 9.52 Å². The van der Waals surface area contributed by atoms with E-state index in [2.05, 4.69) is 10.0 Å². The number of hydrogen-bond acceptors (Lipinski definition) is 3. The van der Waals surface area contributed by atoms with E-state index in [9.17, 15) is 13.2 Å². The van der Waals surface area contributed by atoms with Crippen molar-refractivity contribution < 1.29 is 13.2 Å². The molecule has 146 valence electrons. The van der Waals surface area contributed by atoms with E-state index in [1.54, 1.807) is 12.1 Å². The summed E-state index contributed by atoms with van der Waals surface area (Å²) >= 11 is 6.11. The molecule has 0 bridgehead atoms. The minimum Gasteiger partial charge on any atom is -0.349 e. The maximum Gasteiger partial charge on any atom is 0.263 e. The second-order valence-corrected chi connectivity index (χ2v) is 9.11. The van der Waals surface area contributed by atoms with Crippen molar-refractivity contribution in [2.75, 3.05) is 4.72 Å². The van der Waals surface area contributed by atoms with Gasteiger partial charge in [0.25, 0.3) is 15.9 Å². The monoisotopic (exact) mass is 408 g/mol. The molecule has 2 rings (SSSR count). The third-order valence-corrected chi connectivity index (χ3v) is 6.46. The number of sulfonamides is 1. The fourth-order valence-corrected chi connectivity index (χ4v) is 3.90. The smallest absolute Gasteiger partial charge is 0.263 e. The lowest BCUT2D eigenvalue weighted by atomic mass is 10.1. The van der Waals surface area contributed by atoms with Crippen LogP contribution in [0.4, 0.5) is 5.69 Å². The summed E-state index contributed by atoms with van der Waals surface area (Å²) in [5.41, 5.74) is 2.72. The number of nitrogens with one attached hydrogen (secondary N) is 2. The SMILES string of the molecule is Cc1ccc(NS(=O)(=O)c2cc(C(=O)N[C@@H](C)C(C)C)ccc2Cl)cc1C. The third kappa shape index (κ3) is 5.23. The second kappa shape index (κ2) is 8.31. The Kier molecular flexibility index (Phi) is 6.54. The molecule has 0 saturated heterocycles. The standard InChI is InChI=1S/C20H25ClN2O3S/c1-12(2)15(5)22-20(24)16-7-9-18(21)19(11-16)27(25,26)23-17-8-6-13(3)14(4)10-17/h6-12,15,23H,1-5H3,(H,22,24)/t15-/m0/s1. The zero-order valence-electron chi connectivity index (χ0n) is 16.1. The van der Waals surface area contributed by atoms with Gasteiger partial charge in [-0.05, 0) is 68.1 Å². The minimum absolute atomic E-state index is 0.0399. The first kappa shape index (κ1) is 21.3. The summed E-state index contributed by atoms with van der Waals surface area (Å²) < 4.78 is 28.1. The molecule has 27 heavy (non-hydrogen) atoms. The molecule has 0 radical (unpaired) electrons. The van der Waals surface area contributed by atoms with E-state index in [0.29, 0.717) is 5.69 Å². The van der Waals surface area contributed by atoms with Gasteiger partial charge in [-0.25, -0.2) is 8.42 Å². The number of benzene rings is 2. The number of rotatable bonds is 6. The number of halogens is 1. The zero-order valence-corrected chi connectivity index (χ0v) is 17.7. The average molecular weight is 409 g/mol. The number of aryl methyl sites for hydroxylation is 2. The van der Waals surface area contributed by atoms with Crippen molar-refractivity contribution >= 4 is 33.2 Å². The van der Waals surface area contributed by atoms with Gasteiger partial charge in [0.05, 0.1) is 5.02 Å². The Labute approximate surface area is 166 Å². The van der Waals surface area contributed by atoms with Crippen molar-refractivity contribution in [1.29, 1.82) is 0 Å². The van der Waals surface area contributed by atoms with E-state index in [1.807, 2.05) is 40.7 Å². The maximum atomic E-state index is 12.8. The molecule has 0 saturated carbocycles. The normalized spacial score (nSPS) is 12.7. The van der Waals surface area contributed by atoms with Gasteiger partial charge in [-0.2, -0.15) is 0 Å². The van der Waals surface area contributed by atoms with E-state index in [-0.39, 0.29) is 33.3 Å². The highest BCUT2D eigenvalue weighted by molar-refractivity contribution is 7.92. The lowest BCUT2D eigenvalue weighted by molar-refractivity contribution is 0.0930. The molecule has 0 aliphatic rings. The summed E-state index contributed by atoms with van der Waals surface area (Å²) in [6.45, 7) is 9.75. The van der Waals surface area contributed by atoms with Crippen LogP contribution in [0.25, 0.3) is 0 Å². The predicted octanol–water partition coefficient (Wildman–Crippen LogP) is 4.53. The number of hydrogen-bond donors (Lipinski definition) is 2. The number of anilines is 1. The van der Waals surface area contributed by atoms with Crippen LogP contribution in [-0.4, -0.2) is 20.4 Å². The first-order valence-corrected chi connectivity index (χ1v) is 10.6. The molecule has 0 fully saturated rings. The highest BCUT2D eigenvalue weighted by atomic mass is 35.5. The fourth-order valence-electron chi connectivity index (χ4n) is 2.32. The van der Waals surface area contributed by atoms with Crippen LogP contribution in [-0.2, 0) is 10.0 Å². The van der Waals surface area contributed by atoms with Gasteiger partial charge in [-0.15, -0.1) is 0 Å². The van der Waals surface area contributed by atoms with Crippen LogP contribution in [0.3, 0.4) is 0 Å². The largest absolute Gasteiger partial charge is 0.349 e. The van der Waals surface area contributed by atoms with Crippen LogP contribution < -0.4 is 10.0 Å². The molecular formula is C20H25ClN2O3S. The van der Waals surface area contributed by atoms with Crippen molar-refractivity contribution in [3.05, 3.63) is 58.1 Å². The average Bonchev–Trinajstić information content (AvgIpc) is 2.57. The van der Waals surface area contributed by atoms with Crippen molar-refractivity contribution in [2.24, 2.45) is 5.92 Å².